The Kier molecular flexibility index (Phi) is 2.61. The molecule has 1 rings (SSSR count). The van der Waals surface area contributed by atoms with Crippen LogP contribution in [-0.4, -0.2) is 30.3 Å². The van der Waals surface area contributed by atoms with Gasteiger partial charge in [0.25, 0.3) is 0 Å². The first-order valence-electron chi connectivity index (χ1n) is 3.85. The van der Waals surface area contributed by atoms with Crippen LogP contribution in [0.15, 0.2) is 0 Å². The molecule has 1 aliphatic heterocycles. The van der Waals surface area contributed by atoms with E-state index in [1.807, 2.05) is 18.0 Å². The summed E-state index contributed by atoms with van der Waals surface area (Å²) in [6, 6.07) is 1.91. The Balaban J connectivity index is 2.47. The number of likely N-dealkylation sites (N-methyl/N-ethyl adjacent to an activating group) is 1. The van der Waals surface area contributed by atoms with Gasteiger partial charge in [0, 0.05) is 0 Å². The summed E-state index contributed by atoms with van der Waals surface area (Å²) >= 11 is 0. The van der Waals surface area contributed by atoms with Gasteiger partial charge in [-0.15, -0.1) is 0 Å². The fourth-order valence-electron chi connectivity index (χ4n) is 1.51. The molecule has 0 bridgehead atoms. The molecule has 11 heavy (non-hydrogen) atoms. The first-order valence-corrected chi connectivity index (χ1v) is 3.85. The van der Waals surface area contributed by atoms with Crippen LogP contribution in [0.4, 0.5) is 0 Å². The van der Waals surface area contributed by atoms with E-state index in [9.17, 15) is 4.79 Å². The van der Waals surface area contributed by atoms with Crippen LogP contribution in [0.5, 0.6) is 0 Å². The lowest BCUT2D eigenvalue weighted by atomic mass is 10.1. The Morgan fingerprint density at radius 2 is 2.55 bits per heavy atom. The summed E-state index contributed by atoms with van der Waals surface area (Å²) in [6.45, 7) is 0.988. The minimum absolute atomic E-state index is 0.0228. The molecule has 0 N–H and O–H groups in total. The third-order valence-electron chi connectivity index (χ3n) is 2.15. The average Bonchev–Trinajstić information content (AvgIpc) is 2.36. The van der Waals surface area contributed by atoms with Gasteiger partial charge in [-0.05, 0) is 26.4 Å². The fourth-order valence-corrected chi connectivity index (χ4v) is 1.51. The molecule has 0 aromatic heterocycles. The zero-order chi connectivity index (χ0) is 8.27. The highest BCUT2D eigenvalue weighted by atomic mass is 16.1. The number of Topliss-reactive ketones (excluding diaryl/α,β-unsaturated/α-hetero) is 1. The van der Waals surface area contributed by atoms with Gasteiger partial charge in [0.05, 0.1) is 18.5 Å². The SMILES string of the molecule is CN1CCCC1C(=O)CC#N. The number of likely N-dealkylation sites (tertiary alicyclic amines) is 1. The van der Waals surface area contributed by atoms with Crippen molar-refractivity contribution < 1.29 is 4.79 Å². The molecule has 0 amide bonds. The summed E-state index contributed by atoms with van der Waals surface area (Å²) in [5.41, 5.74) is 0. The molecule has 1 aliphatic rings. The van der Waals surface area contributed by atoms with E-state index in [-0.39, 0.29) is 18.2 Å². The largest absolute Gasteiger partial charge is 0.297 e. The first kappa shape index (κ1) is 8.22. The Bertz CT molecular complexity index is 195. The summed E-state index contributed by atoms with van der Waals surface area (Å²) in [6.07, 6.45) is 2.07. The van der Waals surface area contributed by atoms with Gasteiger partial charge < -0.3 is 0 Å². The zero-order valence-electron chi connectivity index (χ0n) is 6.71. The lowest BCUT2D eigenvalue weighted by Crippen LogP contribution is -2.32. The predicted molar refractivity (Wildman–Crippen MR) is 40.9 cm³/mol. The Morgan fingerprint density at radius 3 is 3.00 bits per heavy atom. The molecule has 1 atom stereocenters. The van der Waals surface area contributed by atoms with Crippen molar-refractivity contribution in [3.63, 3.8) is 0 Å². The Labute approximate surface area is 66.6 Å². The summed E-state index contributed by atoms with van der Waals surface area (Å²) in [5, 5.41) is 8.29. The van der Waals surface area contributed by atoms with Crippen molar-refractivity contribution in [2.45, 2.75) is 25.3 Å². The van der Waals surface area contributed by atoms with Gasteiger partial charge in [-0.3, -0.25) is 9.69 Å². The first-order chi connectivity index (χ1) is 5.25. The molecule has 0 radical (unpaired) electrons. The van der Waals surface area contributed by atoms with Crippen molar-refractivity contribution in [2.75, 3.05) is 13.6 Å². The van der Waals surface area contributed by atoms with Crippen molar-refractivity contribution in [1.82, 2.24) is 4.90 Å². The summed E-state index contributed by atoms with van der Waals surface area (Å²) in [5.74, 6) is 0.0764. The lowest BCUT2D eigenvalue weighted by Gasteiger charge is -2.15. The van der Waals surface area contributed by atoms with Crippen molar-refractivity contribution in [1.29, 1.82) is 5.26 Å². The lowest BCUT2D eigenvalue weighted by molar-refractivity contribution is -0.121. The maximum Gasteiger partial charge on any atom is 0.163 e. The van der Waals surface area contributed by atoms with Crippen molar-refractivity contribution in [3.05, 3.63) is 0 Å². The van der Waals surface area contributed by atoms with E-state index in [1.54, 1.807) is 0 Å². The van der Waals surface area contributed by atoms with E-state index in [0.717, 1.165) is 19.4 Å². The number of carbonyl (C=O) groups is 1. The van der Waals surface area contributed by atoms with E-state index in [4.69, 9.17) is 5.26 Å². The third-order valence-corrected chi connectivity index (χ3v) is 2.15. The van der Waals surface area contributed by atoms with Gasteiger partial charge in [0.1, 0.15) is 0 Å². The Hall–Kier alpha value is -0.880. The smallest absolute Gasteiger partial charge is 0.163 e. The van der Waals surface area contributed by atoms with E-state index in [1.165, 1.54) is 0 Å². The number of nitrogens with zero attached hydrogens (tertiary/aromatic N) is 2. The summed E-state index contributed by atoms with van der Waals surface area (Å²) < 4.78 is 0. The van der Waals surface area contributed by atoms with Gasteiger partial charge in [-0.1, -0.05) is 0 Å². The fraction of sp³-hybridized carbons (Fsp3) is 0.750. The number of hydrogen-bond acceptors (Lipinski definition) is 3. The van der Waals surface area contributed by atoms with Gasteiger partial charge in [0.15, 0.2) is 5.78 Å². The highest BCUT2D eigenvalue weighted by Gasteiger charge is 2.26. The van der Waals surface area contributed by atoms with Crippen LogP contribution in [0.1, 0.15) is 19.3 Å². The van der Waals surface area contributed by atoms with Crippen molar-refractivity contribution in [2.24, 2.45) is 0 Å². The molecule has 0 aromatic carbocycles. The minimum Gasteiger partial charge on any atom is -0.297 e. The van der Waals surface area contributed by atoms with Gasteiger partial charge in [0.2, 0.25) is 0 Å². The second-order valence-corrected chi connectivity index (χ2v) is 2.94. The summed E-state index contributed by atoms with van der Waals surface area (Å²) in [4.78, 5) is 13.2. The Morgan fingerprint density at radius 1 is 1.82 bits per heavy atom. The van der Waals surface area contributed by atoms with Crippen LogP contribution >= 0.6 is 0 Å². The second-order valence-electron chi connectivity index (χ2n) is 2.94. The highest BCUT2D eigenvalue weighted by Crippen LogP contribution is 2.16. The number of nitriles is 1. The quantitative estimate of drug-likeness (QED) is 0.580. The number of hydrogen-bond donors (Lipinski definition) is 0. The molecule has 0 aromatic rings. The van der Waals surface area contributed by atoms with Crippen LogP contribution in [0.3, 0.4) is 0 Å². The van der Waals surface area contributed by atoms with Crippen molar-refractivity contribution in [3.8, 4) is 6.07 Å². The van der Waals surface area contributed by atoms with E-state index >= 15 is 0 Å². The predicted octanol–water partition coefficient (Wildman–Crippen LogP) is 0.563. The molecule has 0 aliphatic carbocycles. The highest BCUT2D eigenvalue weighted by molar-refractivity contribution is 5.85. The van der Waals surface area contributed by atoms with Gasteiger partial charge in [-0.25, -0.2) is 0 Å². The maximum absolute atomic E-state index is 11.2. The summed E-state index contributed by atoms with van der Waals surface area (Å²) in [7, 11) is 1.94. The molecular weight excluding hydrogens is 140 g/mol. The van der Waals surface area contributed by atoms with Crippen LogP contribution < -0.4 is 0 Å². The number of ketones is 1. The van der Waals surface area contributed by atoms with Crippen LogP contribution in [0.25, 0.3) is 0 Å². The van der Waals surface area contributed by atoms with Gasteiger partial charge in [-0.2, -0.15) is 5.26 Å². The molecule has 1 saturated heterocycles. The van der Waals surface area contributed by atoms with E-state index in [2.05, 4.69) is 0 Å². The molecule has 0 spiro atoms. The minimum atomic E-state index is 0.0228. The molecule has 3 nitrogen and oxygen atoms in total. The second kappa shape index (κ2) is 3.49. The molecule has 1 fully saturated rings. The van der Waals surface area contributed by atoms with Crippen LogP contribution in [0.2, 0.25) is 0 Å². The van der Waals surface area contributed by atoms with E-state index < -0.39 is 0 Å². The van der Waals surface area contributed by atoms with Gasteiger partial charge >= 0.3 is 0 Å². The molecule has 1 heterocycles. The third kappa shape index (κ3) is 1.78. The molecular formula is C8H12N2O. The van der Waals surface area contributed by atoms with Crippen molar-refractivity contribution >= 4 is 5.78 Å². The zero-order valence-corrected chi connectivity index (χ0v) is 6.71. The van der Waals surface area contributed by atoms with Crippen LogP contribution in [0, 0.1) is 11.3 Å². The average molecular weight is 152 g/mol. The standard InChI is InChI=1S/C8H12N2O/c1-10-6-2-3-7(10)8(11)4-5-9/h7H,2-4,6H2,1H3. The monoisotopic (exact) mass is 152 g/mol. The van der Waals surface area contributed by atoms with E-state index in [0.29, 0.717) is 0 Å². The molecule has 60 valence electrons. The van der Waals surface area contributed by atoms with Crippen LogP contribution in [-0.2, 0) is 4.79 Å². The normalized spacial score (nSPS) is 24.9. The number of rotatable bonds is 2. The number of carbonyl (C=O) groups excluding carboxylic acids is 1. The molecule has 0 saturated carbocycles. The molecule has 1 unspecified atom stereocenters. The maximum atomic E-state index is 11.2. The molecule has 3 heteroatoms. The topological polar surface area (TPSA) is 44.1 Å².